The zero-order chi connectivity index (χ0) is 14.6. The number of nitrogens with two attached hydrogens (primary N) is 1. The molecule has 3 N–H and O–H groups in total. The second-order valence-electron chi connectivity index (χ2n) is 5.53. The van der Waals surface area contributed by atoms with Crippen molar-refractivity contribution in [3.8, 4) is 0 Å². The van der Waals surface area contributed by atoms with E-state index in [4.69, 9.17) is 5.73 Å². The molecule has 1 atom stereocenters. The van der Waals surface area contributed by atoms with Crippen LogP contribution in [0.25, 0.3) is 0 Å². The number of rotatable bonds is 4. The summed E-state index contributed by atoms with van der Waals surface area (Å²) in [7, 11) is 0. The first-order chi connectivity index (χ1) is 9.61. The van der Waals surface area contributed by atoms with Gasteiger partial charge in [-0.25, -0.2) is 0 Å². The number of aryl methyl sites for hydroxylation is 1. The molecule has 1 saturated heterocycles. The molecule has 110 valence electrons. The van der Waals surface area contributed by atoms with E-state index in [1.165, 1.54) is 5.56 Å². The van der Waals surface area contributed by atoms with Gasteiger partial charge in [-0.1, -0.05) is 36.8 Å². The molecule has 1 heterocycles. The Kier molecular flexibility index (Phi) is 4.78. The van der Waals surface area contributed by atoms with Crippen molar-refractivity contribution in [3.63, 3.8) is 0 Å². The number of hydrogen-bond acceptors (Lipinski definition) is 3. The van der Waals surface area contributed by atoms with Crippen molar-refractivity contribution in [1.29, 1.82) is 0 Å². The highest BCUT2D eigenvalue weighted by Crippen LogP contribution is 2.32. The van der Waals surface area contributed by atoms with Crippen LogP contribution in [0.4, 0.5) is 0 Å². The lowest BCUT2D eigenvalue weighted by Gasteiger charge is -2.41. The fraction of sp³-hybridized carbons (Fsp3) is 0.562. The summed E-state index contributed by atoms with van der Waals surface area (Å²) >= 11 is 0. The molecule has 1 aromatic rings. The van der Waals surface area contributed by atoms with Gasteiger partial charge in [0.25, 0.3) is 0 Å². The topological polar surface area (TPSA) is 58.4 Å². The predicted octanol–water partition coefficient (Wildman–Crippen LogP) is 1.38. The summed E-state index contributed by atoms with van der Waals surface area (Å²) in [5.41, 5.74) is 7.36. The lowest BCUT2D eigenvalue weighted by Crippen LogP contribution is -2.55. The Labute approximate surface area is 121 Å². The van der Waals surface area contributed by atoms with Gasteiger partial charge in [-0.15, -0.1) is 0 Å². The van der Waals surface area contributed by atoms with Crippen molar-refractivity contribution in [2.24, 2.45) is 5.73 Å². The van der Waals surface area contributed by atoms with Crippen molar-refractivity contribution >= 4 is 5.91 Å². The first-order valence-corrected chi connectivity index (χ1v) is 7.44. The van der Waals surface area contributed by atoms with Crippen molar-refractivity contribution in [2.75, 3.05) is 26.2 Å². The van der Waals surface area contributed by atoms with Gasteiger partial charge in [0.05, 0.1) is 0 Å². The molecule has 1 aliphatic heterocycles. The van der Waals surface area contributed by atoms with Gasteiger partial charge in [0.2, 0.25) is 5.91 Å². The Morgan fingerprint density at radius 1 is 1.30 bits per heavy atom. The quantitative estimate of drug-likeness (QED) is 0.873. The van der Waals surface area contributed by atoms with Gasteiger partial charge in [-0.2, -0.15) is 0 Å². The Balaban J connectivity index is 2.43. The molecule has 1 amide bonds. The van der Waals surface area contributed by atoms with E-state index < -0.39 is 5.54 Å². The van der Waals surface area contributed by atoms with E-state index in [2.05, 4.69) is 29.3 Å². The van der Waals surface area contributed by atoms with E-state index in [0.29, 0.717) is 6.42 Å². The van der Waals surface area contributed by atoms with Crippen LogP contribution in [0, 0.1) is 6.92 Å². The van der Waals surface area contributed by atoms with Crippen molar-refractivity contribution in [2.45, 2.75) is 32.2 Å². The van der Waals surface area contributed by atoms with Crippen LogP contribution in [0.2, 0.25) is 0 Å². The van der Waals surface area contributed by atoms with Gasteiger partial charge in [-0.05, 0) is 31.9 Å². The number of primary amides is 1. The fourth-order valence-corrected chi connectivity index (χ4v) is 3.14. The monoisotopic (exact) mass is 275 g/mol. The fourth-order valence-electron chi connectivity index (χ4n) is 3.14. The van der Waals surface area contributed by atoms with Crippen molar-refractivity contribution < 1.29 is 4.79 Å². The molecule has 2 rings (SSSR count). The molecule has 1 aliphatic rings. The maximum Gasteiger partial charge on any atom is 0.242 e. The summed E-state index contributed by atoms with van der Waals surface area (Å²) in [5.74, 6) is -0.245. The van der Waals surface area contributed by atoms with Gasteiger partial charge < -0.3 is 11.1 Å². The van der Waals surface area contributed by atoms with Crippen LogP contribution >= 0.6 is 0 Å². The number of amides is 1. The summed E-state index contributed by atoms with van der Waals surface area (Å²) in [6.45, 7) is 7.76. The maximum absolute atomic E-state index is 12.3. The lowest BCUT2D eigenvalue weighted by atomic mass is 9.84. The third-order valence-electron chi connectivity index (χ3n) is 4.33. The summed E-state index contributed by atoms with van der Waals surface area (Å²) < 4.78 is 0. The molecule has 0 radical (unpaired) electrons. The maximum atomic E-state index is 12.3. The van der Waals surface area contributed by atoms with Crippen LogP contribution in [0.5, 0.6) is 0 Å². The minimum atomic E-state index is -0.681. The first kappa shape index (κ1) is 15.0. The molecule has 0 aliphatic carbocycles. The summed E-state index contributed by atoms with van der Waals surface area (Å²) in [6.07, 6.45) is 1.74. The molecule has 0 bridgehead atoms. The standard InChI is InChI=1S/C16H25N3O/c1-3-16(15(17)20,14-7-5-13(2)6-8-14)19-11-4-9-18-10-12-19/h5-8,18H,3-4,9-12H2,1-2H3,(H2,17,20). The molecular formula is C16H25N3O. The normalized spacial score (nSPS) is 20.1. The zero-order valence-corrected chi connectivity index (χ0v) is 12.5. The highest BCUT2D eigenvalue weighted by atomic mass is 16.1. The summed E-state index contributed by atoms with van der Waals surface area (Å²) in [5, 5.41) is 3.38. The molecule has 4 heteroatoms. The van der Waals surface area contributed by atoms with Gasteiger partial charge in [0.1, 0.15) is 5.54 Å². The van der Waals surface area contributed by atoms with Crippen molar-refractivity contribution in [1.82, 2.24) is 10.2 Å². The molecule has 0 saturated carbocycles. The number of carbonyl (C=O) groups excluding carboxylic acids is 1. The number of benzene rings is 1. The van der Waals surface area contributed by atoms with Crippen molar-refractivity contribution in [3.05, 3.63) is 35.4 Å². The van der Waals surface area contributed by atoms with Crippen LogP contribution in [0.3, 0.4) is 0 Å². The van der Waals surface area contributed by atoms with E-state index in [-0.39, 0.29) is 5.91 Å². The molecule has 0 spiro atoms. The van der Waals surface area contributed by atoms with Crippen LogP contribution in [0.15, 0.2) is 24.3 Å². The molecule has 20 heavy (non-hydrogen) atoms. The first-order valence-electron chi connectivity index (χ1n) is 7.44. The third kappa shape index (κ3) is 2.72. The second kappa shape index (κ2) is 6.37. The molecule has 1 fully saturated rings. The lowest BCUT2D eigenvalue weighted by molar-refractivity contribution is -0.131. The zero-order valence-electron chi connectivity index (χ0n) is 12.5. The minimum absolute atomic E-state index is 0.245. The van der Waals surface area contributed by atoms with E-state index >= 15 is 0 Å². The number of carbonyl (C=O) groups is 1. The van der Waals surface area contributed by atoms with E-state index in [1.54, 1.807) is 0 Å². The number of nitrogens with zero attached hydrogens (tertiary/aromatic N) is 1. The van der Waals surface area contributed by atoms with E-state index in [9.17, 15) is 4.79 Å². The van der Waals surface area contributed by atoms with Crippen LogP contribution in [-0.2, 0) is 10.3 Å². The van der Waals surface area contributed by atoms with Gasteiger partial charge >= 0.3 is 0 Å². The van der Waals surface area contributed by atoms with E-state index in [1.807, 2.05) is 19.1 Å². The second-order valence-corrected chi connectivity index (χ2v) is 5.53. The molecule has 4 nitrogen and oxygen atoms in total. The molecule has 1 unspecified atom stereocenters. The Morgan fingerprint density at radius 3 is 2.60 bits per heavy atom. The minimum Gasteiger partial charge on any atom is -0.368 e. The molecular weight excluding hydrogens is 250 g/mol. The average molecular weight is 275 g/mol. The van der Waals surface area contributed by atoms with Gasteiger partial charge in [0.15, 0.2) is 0 Å². The SMILES string of the molecule is CCC(C(N)=O)(c1ccc(C)cc1)N1CCCNCC1. The van der Waals surface area contributed by atoms with Gasteiger partial charge in [-0.3, -0.25) is 9.69 Å². The highest BCUT2D eigenvalue weighted by Gasteiger charge is 2.42. The molecule has 1 aromatic carbocycles. The predicted molar refractivity (Wildman–Crippen MR) is 81.4 cm³/mol. The molecule has 0 aromatic heterocycles. The van der Waals surface area contributed by atoms with E-state index in [0.717, 1.165) is 38.2 Å². The van der Waals surface area contributed by atoms with Crippen LogP contribution < -0.4 is 11.1 Å². The third-order valence-corrected chi connectivity index (χ3v) is 4.33. The highest BCUT2D eigenvalue weighted by molar-refractivity contribution is 5.86. The Bertz CT molecular complexity index is 449. The largest absolute Gasteiger partial charge is 0.368 e. The van der Waals surface area contributed by atoms with Crippen LogP contribution in [0.1, 0.15) is 30.9 Å². The summed E-state index contributed by atoms with van der Waals surface area (Å²) in [6, 6.07) is 8.20. The number of nitrogens with one attached hydrogen (secondary N) is 1. The average Bonchev–Trinajstić information content (AvgIpc) is 2.71. The van der Waals surface area contributed by atoms with Gasteiger partial charge in [0, 0.05) is 19.6 Å². The Morgan fingerprint density at radius 2 is 2.00 bits per heavy atom. The Hall–Kier alpha value is -1.39. The van der Waals surface area contributed by atoms with Crippen LogP contribution in [-0.4, -0.2) is 37.0 Å². The smallest absolute Gasteiger partial charge is 0.242 e. The number of hydrogen-bond donors (Lipinski definition) is 2. The summed E-state index contributed by atoms with van der Waals surface area (Å²) in [4.78, 5) is 14.6.